The molecule has 1 amide bonds. The van der Waals surface area contributed by atoms with E-state index in [2.05, 4.69) is 24.1 Å². The third kappa shape index (κ3) is 4.07. The first-order valence-corrected chi connectivity index (χ1v) is 9.53. The summed E-state index contributed by atoms with van der Waals surface area (Å²) >= 11 is 0. The van der Waals surface area contributed by atoms with Crippen LogP contribution in [0.15, 0.2) is 4.99 Å². The standard InChI is InChI=1S/C18H32N4O2.HI/c1-4-19-17(22-11-9-21(10-12-22)14(3)23)20-15-13-16(24-5-2)18(15)7-6-8-18;/h15-16H,4-13H2,1-3H3,(H,19,20);1H. The predicted octanol–water partition coefficient (Wildman–Crippen LogP) is 2.08. The van der Waals surface area contributed by atoms with Crippen molar-refractivity contribution in [3.8, 4) is 0 Å². The van der Waals surface area contributed by atoms with Crippen molar-refractivity contribution in [3.63, 3.8) is 0 Å². The van der Waals surface area contributed by atoms with Crippen LogP contribution in [0.25, 0.3) is 0 Å². The average molecular weight is 464 g/mol. The normalized spacial score (nSPS) is 28.0. The molecule has 144 valence electrons. The number of piperazine rings is 1. The van der Waals surface area contributed by atoms with Crippen LogP contribution in [0.5, 0.6) is 0 Å². The molecular formula is C18H33IN4O2. The Labute approximate surface area is 168 Å². The second kappa shape index (κ2) is 8.88. The molecular weight excluding hydrogens is 431 g/mol. The second-order valence-corrected chi connectivity index (χ2v) is 7.25. The van der Waals surface area contributed by atoms with Gasteiger partial charge in [-0.25, -0.2) is 0 Å². The van der Waals surface area contributed by atoms with Crippen LogP contribution in [0.4, 0.5) is 0 Å². The number of carbonyl (C=O) groups is 1. The largest absolute Gasteiger partial charge is 0.378 e. The van der Waals surface area contributed by atoms with Gasteiger partial charge in [0.15, 0.2) is 5.96 Å². The van der Waals surface area contributed by atoms with Gasteiger partial charge in [0.05, 0.1) is 6.10 Å². The van der Waals surface area contributed by atoms with E-state index in [0.717, 1.165) is 51.7 Å². The Bertz CT molecular complexity index is 487. The molecule has 1 saturated heterocycles. The Morgan fingerprint density at radius 1 is 1.20 bits per heavy atom. The third-order valence-corrected chi connectivity index (χ3v) is 6.07. The maximum absolute atomic E-state index is 11.5. The average Bonchev–Trinajstić information content (AvgIpc) is 2.51. The van der Waals surface area contributed by atoms with E-state index >= 15 is 0 Å². The van der Waals surface area contributed by atoms with Gasteiger partial charge in [-0.15, -0.1) is 24.0 Å². The minimum Gasteiger partial charge on any atom is -0.378 e. The molecule has 2 atom stereocenters. The van der Waals surface area contributed by atoms with Gasteiger partial charge in [0.2, 0.25) is 5.91 Å². The highest BCUT2D eigenvalue weighted by atomic mass is 127. The van der Waals surface area contributed by atoms with Crippen molar-refractivity contribution in [2.24, 2.45) is 10.4 Å². The van der Waals surface area contributed by atoms with Gasteiger partial charge in [0, 0.05) is 57.7 Å². The van der Waals surface area contributed by atoms with Crippen molar-refractivity contribution in [1.82, 2.24) is 15.1 Å². The fraction of sp³-hybridized carbons (Fsp3) is 0.889. The smallest absolute Gasteiger partial charge is 0.219 e. The molecule has 3 fully saturated rings. The SMILES string of the molecule is CCN=C(NC1CC(OCC)C12CCC2)N1CCN(C(C)=O)CC1.I. The Morgan fingerprint density at radius 2 is 1.84 bits per heavy atom. The maximum Gasteiger partial charge on any atom is 0.219 e. The molecule has 1 N–H and O–H groups in total. The number of carbonyl (C=O) groups excluding carboxylic acids is 1. The van der Waals surface area contributed by atoms with Crippen LogP contribution in [-0.4, -0.2) is 73.1 Å². The molecule has 1 heterocycles. The molecule has 0 aromatic carbocycles. The van der Waals surface area contributed by atoms with E-state index in [9.17, 15) is 4.79 Å². The van der Waals surface area contributed by atoms with Crippen LogP contribution in [0.3, 0.4) is 0 Å². The van der Waals surface area contributed by atoms with Crippen LogP contribution in [0, 0.1) is 5.41 Å². The molecule has 2 saturated carbocycles. The van der Waals surface area contributed by atoms with Crippen molar-refractivity contribution in [2.75, 3.05) is 39.3 Å². The summed E-state index contributed by atoms with van der Waals surface area (Å²) in [6.45, 7) is 10.7. The zero-order valence-electron chi connectivity index (χ0n) is 15.8. The van der Waals surface area contributed by atoms with Gasteiger partial charge in [-0.2, -0.15) is 0 Å². The summed E-state index contributed by atoms with van der Waals surface area (Å²) in [4.78, 5) is 20.5. The number of hydrogen-bond acceptors (Lipinski definition) is 3. The first kappa shape index (κ1) is 20.7. The van der Waals surface area contributed by atoms with Gasteiger partial charge in [0.25, 0.3) is 0 Å². The van der Waals surface area contributed by atoms with E-state index in [-0.39, 0.29) is 29.9 Å². The quantitative estimate of drug-likeness (QED) is 0.394. The van der Waals surface area contributed by atoms with Gasteiger partial charge < -0.3 is 19.9 Å². The van der Waals surface area contributed by atoms with E-state index in [4.69, 9.17) is 9.73 Å². The number of halogens is 1. The molecule has 0 bridgehead atoms. The lowest BCUT2D eigenvalue weighted by molar-refractivity contribution is -0.169. The summed E-state index contributed by atoms with van der Waals surface area (Å²) in [5, 5.41) is 3.74. The lowest BCUT2D eigenvalue weighted by atomic mass is 9.51. The van der Waals surface area contributed by atoms with Gasteiger partial charge >= 0.3 is 0 Å². The number of nitrogens with one attached hydrogen (secondary N) is 1. The topological polar surface area (TPSA) is 57.2 Å². The number of ether oxygens (including phenoxy) is 1. The van der Waals surface area contributed by atoms with E-state index in [1.807, 2.05) is 4.90 Å². The summed E-state index contributed by atoms with van der Waals surface area (Å²) in [5.41, 5.74) is 0.339. The molecule has 3 rings (SSSR count). The van der Waals surface area contributed by atoms with Crippen molar-refractivity contribution in [3.05, 3.63) is 0 Å². The fourth-order valence-corrected chi connectivity index (χ4v) is 4.42. The number of nitrogens with zero attached hydrogens (tertiary/aromatic N) is 3. The molecule has 2 unspecified atom stereocenters. The monoisotopic (exact) mass is 464 g/mol. The molecule has 0 aromatic heterocycles. The molecule has 25 heavy (non-hydrogen) atoms. The third-order valence-electron chi connectivity index (χ3n) is 6.07. The second-order valence-electron chi connectivity index (χ2n) is 7.25. The number of guanidine groups is 1. The summed E-state index contributed by atoms with van der Waals surface area (Å²) in [6, 6.07) is 0.485. The van der Waals surface area contributed by atoms with Gasteiger partial charge in [-0.05, 0) is 33.1 Å². The summed E-state index contributed by atoms with van der Waals surface area (Å²) in [6.07, 6.45) is 5.37. The van der Waals surface area contributed by atoms with Crippen LogP contribution < -0.4 is 5.32 Å². The maximum atomic E-state index is 11.5. The van der Waals surface area contributed by atoms with Crippen LogP contribution in [0.2, 0.25) is 0 Å². The lowest BCUT2D eigenvalue weighted by Gasteiger charge is -2.61. The highest BCUT2D eigenvalue weighted by Crippen LogP contribution is 2.57. The number of rotatable bonds is 4. The van der Waals surface area contributed by atoms with Crippen molar-refractivity contribution in [1.29, 1.82) is 0 Å². The van der Waals surface area contributed by atoms with Crippen LogP contribution in [-0.2, 0) is 9.53 Å². The lowest BCUT2D eigenvalue weighted by Crippen LogP contribution is -2.69. The Kier molecular flexibility index (Phi) is 7.37. The van der Waals surface area contributed by atoms with E-state index in [1.54, 1.807) is 6.92 Å². The zero-order valence-corrected chi connectivity index (χ0v) is 18.1. The molecule has 3 aliphatic rings. The number of hydrogen-bond donors (Lipinski definition) is 1. The van der Waals surface area contributed by atoms with Gasteiger partial charge in [-0.1, -0.05) is 6.42 Å². The Morgan fingerprint density at radius 3 is 2.32 bits per heavy atom. The zero-order chi connectivity index (χ0) is 17.2. The first-order chi connectivity index (χ1) is 11.6. The summed E-state index contributed by atoms with van der Waals surface area (Å²) < 4.78 is 5.96. The minimum atomic E-state index is 0. The van der Waals surface area contributed by atoms with E-state index in [1.165, 1.54) is 19.3 Å². The van der Waals surface area contributed by atoms with Gasteiger partial charge in [0.1, 0.15) is 0 Å². The highest BCUT2D eigenvalue weighted by Gasteiger charge is 2.59. The predicted molar refractivity (Wildman–Crippen MR) is 110 cm³/mol. The molecule has 6 nitrogen and oxygen atoms in total. The van der Waals surface area contributed by atoms with Crippen molar-refractivity contribution < 1.29 is 9.53 Å². The molecule has 2 aliphatic carbocycles. The molecule has 0 radical (unpaired) electrons. The minimum absolute atomic E-state index is 0. The highest BCUT2D eigenvalue weighted by molar-refractivity contribution is 14.0. The first-order valence-electron chi connectivity index (χ1n) is 9.53. The van der Waals surface area contributed by atoms with E-state index in [0.29, 0.717) is 17.6 Å². The number of amides is 1. The van der Waals surface area contributed by atoms with Crippen LogP contribution in [0.1, 0.15) is 46.5 Å². The fourth-order valence-electron chi connectivity index (χ4n) is 4.42. The Balaban J connectivity index is 0.00000225. The van der Waals surface area contributed by atoms with Crippen molar-refractivity contribution in [2.45, 2.75) is 58.6 Å². The van der Waals surface area contributed by atoms with Gasteiger partial charge in [-0.3, -0.25) is 9.79 Å². The van der Waals surface area contributed by atoms with E-state index < -0.39 is 0 Å². The molecule has 1 spiro atoms. The summed E-state index contributed by atoms with van der Waals surface area (Å²) in [5.74, 6) is 1.19. The molecule has 1 aliphatic heterocycles. The molecule has 0 aromatic rings. The Hall–Kier alpha value is -0.570. The molecule has 7 heteroatoms. The van der Waals surface area contributed by atoms with Crippen molar-refractivity contribution >= 4 is 35.8 Å². The summed E-state index contributed by atoms with van der Waals surface area (Å²) in [7, 11) is 0. The number of aliphatic imine (C=N–C) groups is 1. The van der Waals surface area contributed by atoms with Crippen LogP contribution >= 0.6 is 24.0 Å².